The molecule has 1 aliphatic heterocycles. The van der Waals surface area contributed by atoms with Crippen LogP contribution in [0, 0.1) is 0 Å². The van der Waals surface area contributed by atoms with Crippen LogP contribution < -0.4 is 13.9 Å². The Kier molecular flexibility index (Phi) is 5.96. The molecule has 1 heterocycles. The van der Waals surface area contributed by atoms with Gasteiger partial charge in [-0.3, -0.25) is 9.10 Å². The van der Waals surface area contributed by atoms with E-state index in [1.807, 2.05) is 0 Å². The average molecular weight is 451 g/mol. The van der Waals surface area contributed by atoms with E-state index in [-0.39, 0.29) is 10.8 Å². The van der Waals surface area contributed by atoms with Gasteiger partial charge < -0.3 is 9.64 Å². The van der Waals surface area contributed by atoms with Crippen LogP contribution in [0.1, 0.15) is 23.2 Å². The molecule has 1 aliphatic rings. The van der Waals surface area contributed by atoms with Crippen LogP contribution in [0.15, 0.2) is 83.8 Å². The summed E-state index contributed by atoms with van der Waals surface area (Å²) < 4.78 is 32.1. The van der Waals surface area contributed by atoms with Crippen molar-refractivity contribution in [1.29, 1.82) is 0 Å². The number of hydrogen-bond donors (Lipinski definition) is 0. The normalized spacial score (nSPS) is 13.8. The molecule has 3 aromatic rings. The summed E-state index contributed by atoms with van der Waals surface area (Å²) in [6.07, 6.45) is 1.38. The third kappa shape index (κ3) is 4.36. The third-order valence-corrected chi connectivity index (χ3v) is 7.10. The Morgan fingerprint density at radius 1 is 0.938 bits per heavy atom. The highest BCUT2D eigenvalue weighted by molar-refractivity contribution is 7.92. The largest absolute Gasteiger partial charge is 0.423 e. The molecule has 0 bridgehead atoms. The van der Waals surface area contributed by atoms with Gasteiger partial charge in [-0.15, -0.1) is 0 Å². The Balaban J connectivity index is 1.43. The number of esters is 1. The van der Waals surface area contributed by atoms with Gasteiger partial charge in [0.25, 0.3) is 10.0 Å². The number of carbonyl (C=O) groups excluding carboxylic acids is 2. The first-order valence-electron chi connectivity index (χ1n) is 10.1. The second-order valence-corrected chi connectivity index (χ2v) is 9.33. The number of amides is 1. The van der Waals surface area contributed by atoms with E-state index < -0.39 is 16.0 Å². The van der Waals surface area contributed by atoms with Crippen LogP contribution in [0.25, 0.3) is 0 Å². The maximum atomic E-state index is 12.7. The van der Waals surface area contributed by atoms with Crippen molar-refractivity contribution in [2.75, 3.05) is 22.8 Å². The number of nitrogens with zero attached hydrogens (tertiary/aromatic N) is 2. The van der Waals surface area contributed by atoms with Crippen LogP contribution in [0.5, 0.6) is 5.75 Å². The van der Waals surface area contributed by atoms with Crippen LogP contribution in [0.3, 0.4) is 0 Å². The molecule has 0 atom stereocenters. The monoisotopic (exact) mass is 450 g/mol. The SMILES string of the molecule is CN(c1ccc(OC(=O)c2ccc(N3CCCC3=O)cc2)cc1)S(=O)(=O)c1ccccc1. The summed E-state index contributed by atoms with van der Waals surface area (Å²) in [5, 5.41) is 0. The summed E-state index contributed by atoms with van der Waals surface area (Å²) in [4.78, 5) is 26.2. The van der Waals surface area contributed by atoms with Gasteiger partial charge in [0.2, 0.25) is 5.91 Å². The number of sulfonamides is 1. The average Bonchev–Trinajstić information content (AvgIpc) is 3.25. The Hall–Kier alpha value is -3.65. The highest BCUT2D eigenvalue weighted by atomic mass is 32.2. The number of benzene rings is 3. The summed E-state index contributed by atoms with van der Waals surface area (Å²) in [6.45, 7) is 0.684. The first-order chi connectivity index (χ1) is 15.4. The van der Waals surface area contributed by atoms with Gasteiger partial charge in [-0.25, -0.2) is 13.2 Å². The number of rotatable bonds is 6. The van der Waals surface area contributed by atoms with Crippen molar-refractivity contribution < 1.29 is 22.7 Å². The van der Waals surface area contributed by atoms with Crippen molar-refractivity contribution in [2.24, 2.45) is 0 Å². The fourth-order valence-corrected chi connectivity index (χ4v) is 4.69. The zero-order valence-corrected chi connectivity index (χ0v) is 18.3. The van der Waals surface area contributed by atoms with Crippen LogP contribution in [0.4, 0.5) is 11.4 Å². The molecule has 8 heteroatoms. The van der Waals surface area contributed by atoms with Gasteiger partial charge in [-0.05, 0) is 67.1 Å². The Bertz CT molecular complexity index is 1220. The zero-order valence-electron chi connectivity index (χ0n) is 17.5. The summed E-state index contributed by atoms with van der Waals surface area (Å²) in [5.74, 6) is -0.162. The second kappa shape index (κ2) is 8.84. The molecule has 7 nitrogen and oxygen atoms in total. The Morgan fingerprint density at radius 3 is 2.19 bits per heavy atom. The fraction of sp³-hybridized carbons (Fsp3) is 0.167. The molecule has 4 rings (SSSR count). The Labute approximate surface area is 186 Å². The molecule has 0 spiro atoms. The second-order valence-electron chi connectivity index (χ2n) is 7.36. The molecule has 0 N–H and O–H groups in total. The van der Waals surface area contributed by atoms with E-state index in [0.29, 0.717) is 30.0 Å². The first kappa shape index (κ1) is 21.6. The summed E-state index contributed by atoms with van der Waals surface area (Å²) >= 11 is 0. The van der Waals surface area contributed by atoms with E-state index in [1.165, 1.54) is 23.5 Å². The molecular weight excluding hydrogens is 428 g/mol. The number of hydrogen-bond acceptors (Lipinski definition) is 5. The predicted octanol–water partition coefficient (Wildman–Crippen LogP) is 3.86. The number of anilines is 2. The third-order valence-electron chi connectivity index (χ3n) is 5.30. The molecule has 0 radical (unpaired) electrons. The molecule has 3 aromatic carbocycles. The standard InChI is InChI=1S/C24H22N2O5S/c1-25(32(29,30)22-6-3-2-4-7-22)19-13-15-21(16-14-19)31-24(28)18-9-11-20(12-10-18)26-17-5-8-23(26)27/h2-4,6-7,9-16H,5,8,17H2,1H3. The van der Waals surface area contributed by atoms with E-state index in [1.54, 1.807) is 71.6 Å². The summed E-state index contributed by atoms with van der Waals surface area (Å²) in [7, 11) is -2.22. The molecular formula is C24H22N2O5S. The molecule has 1 amide bonds. The molecule has 0 saturated carbocycles. The van der Waals surface area contributed by atoms with Crippen molar-refractivity contribution in [1.82, 2.24) is 0 Å². The van der Waals surface area contributed by atoms with Crippen LogP contribution in [0.2, 0.25) is 0 Å². The first-order valence-corrected chi connectivity index (χ1v) is 11.6. The number of ether oxygens (including phenoxy) is 1. The maximum Gasteiger partial charge on any atom is 0.343 e. The highest BCUT2D eigenvalue weighted by Gasteiger charge is 2.22. The summed E-state index contributed by atoms with van der Waals surface area (Å²) in [6, 6.07) is 21.1. The quantitative estimate of drug-likeness (QED) is 0.421. The zero-order chi connectivity index (χ0) is 22.7. The lowest BCUT2D eigenvalue weighted by Gasteiger charge is -2.19. The van der Waals surface area contributed by atoms with E-state index in [9.17, 15) is 18.0 Å². The van der Waals surface area contributed by atoms with Gasteiger partial charge in [0.1, 0.15) is 5.75 Å². The molecule has 0 unspecified atom stereocenters. The molecule has 0 aliphatic carbocycles. The van der Waals surface area contributed by atoms with Crippen molar-refractivity contribution in [3.8, 4) is 5.75 Å². The van der Waals surface area contributed by atoms with E-state index in [2.05, 4.69) is 0 Å². The highest BCUT2D eigenvalue weighted by Crippen LogP contribution is 2.25. The minimum atomic E-state index is -3.69. The van der Waals surface area contributed by atoms with Gasteiger partial charge in [0.05, 0.1) is 16.1 Å². The molecule has 164 valence electrons. The van der Waals surface area contributed by atoms with Crippen LogP contribution >= 0.6 is 0 Å². The fourth-order valence-electron chi connectivity index (χ4n) is 3.48. The van der Waals surface area contributed by atoms with Crippen LogP contribution in [-0.2, 0) is 14.8 Å². The lowest BCUT2D eigenvalue weighted by Crippen LogP contribution is -2.26. The van der Waals surface area contributed by atoms with Gasteiger partial charge >= 0.3 is 5.97 Å². The topological polar surface area (TPSA) is 84.0 Å². The van der Waals surface area contributed by atoms with Gasteiger partial charge in [-0.2, -0.15) is 0 Å². The van der Waals surface area contributed by atoms with E-state index >= 15 is 0 Å². The predicted molar refractivity (Wildman–Crippen MR) is 121 cm³/mol. The smallest absolute Gasteiger partial charge is 0.343 e. The number of carbonyl (C=O) groups is 2. The van der Waals surface area contributed by atoms with Gasteiger partial charge in [-0.1, -0.05) is 18.2 Å². The van der Waals surface area contributed by atoms with Crippen LogP contribution in [-0.4, -0.2) is 33.9 Å². The summed E-state index contributed by atoms with van der Waals surface area (Å²) in [5.41, 5.74) is 1.55. The van der Waals surface area contributed by atoms with E-state index in [4.69, 9.17) is 4.74 Å². The van der Waals surface area contributed by atoms with Gasteiger partial charge in [0, 0.05) is 25.7 Å². The van der Waals surface area contributed by atoms with Crippen molar-refractivity contribution >= 4 is 33.3 Å². The lowest BCUT2D eigenvalue weighted by atomic mass is 10.2. The van der Waals surface area contributed by atoms with Gasteiger partial charge in [0.15, 0.2) is 0 Å². The lowest BCUT2D eigenvalue weighted by molar-refractivity contribution is -0.117. The molecule has 32 heavy (non-hydrogen) atoms. The minimum absolute atomic E-state index is 0.0830. The maximum absolute atomic E-state index is 12.7. The van der Waals surface area contributed by atoms with E-state index in [0.717, 1.165) is 12.1 Å². The molecule has 1 fully saturated rings. The molecule has 1 saturated heterocycles. The van der Waals surface area contributed by atoms with Crippen molar-refractivity contribution in [3.63, 3.8) is 0 Å². The minimum Gasteiger partial charge on any atom is -0.423 e. The Morgan fingerprint density at radius 2 is 1.59 bits per heavy atom. The van der Waals surface area contributed by atoms with Crippen molar-refractivity contribution in [2.45, 2.75) is 17.7 Å². The van der Waals surface area contributed by atoms with Crippen molar-refractivity contribution in [3.05, 3.63) is 84.4 Å². The molecule has 0 aromatic heterocycles.